The van der Waals surface area contributed by atoms with E-state index in [-0.39, 0.29) is 0 Å². The highest BCUT2D eigenvalue weighted by atomic mass is 16.6. The van der Waals surface area contributed by atoms with E-state index in [1.165, 1.54) is 0 Å². The fourth-order valence-electron chi connectivity index (χ4n) is 2.39. The predicted molar refractivity (Wildman–Crippen MR) is 80.0 cm³/mol. The summed E-state index contributed by atoms with van der Waals surface area (Å²) in [7, 11) is 0. The number of hydrogen-bond acceptors (Lipinski definition) is 5. The normalized spacial score (nSPS) is 13.1. The summed E-state index contributed by atoms with van der Waals surface area (Å²) < 4.78 is 16.8. The predicted octanol–water partition coefficient (Wildman–Crippen LogP) is 3.10. The van der Waals surface area contributed by atoms with Crippen LogP contribution in [-0.2, 0) is 6.42 Å². The molecule has 4 rings (SSSR count). The summed E-state index contributed by atoms with van der Waals surface area (Å²) in [6.07, 6.45) is 0.566. The van der Waals surface area contributed by atoms with Gasteiger partial charge in [0.1, 0.15) is 13.2 Å². The molecule has 3 aromatic rings. The Bertz CT molecular complexity index is 784. The zero-order valence-electron chi connectivity index (χ0n) is 11.9. The molecule has 0 unspecified atom stereocenters. The molecular weight excluding hydrogens is 280 g/mol. The van der Waals surface area contributed by atoms with Crippen molar-refractivity contribution in [1.82, 2.24) is 10.2 Å². The highest BCUT2D eigenvalue weighted by molar-refractivity contribution is 5.52. The van der Waals surface area contributed by atoms with Gasteiger partial charge in [-0.25, -0.2) is 0 Å². The first-order chi connectivity index (χ1) is 10.9. The first-order valence-corrected chi connectivity index (χ1v) is 7.15. The quantitative estimate of drug-likeness (QED) is 0.743. The Morgan fingerprint density at radius 2 is 1.68 bits per heavy atom. The maximum atomic E-state index is 5.72. The van der Waals surface area contributed by atoms with Gasteiger partial charge in [-0.3, -0.25) is 0 Å². The standard InChI is InChI=1S/C17H14N2O3/c1-2-4-13(5-3-1)17-19-18-16(22-17)11-12-6-7-14-15(10-12)21-9-8-20-14/h1-7,10H,8-9,11H2. The van der Waals surface area contributed by atoms with Crippen LogP contribution in [0.25, 0.3) is 11.5 Å². The van der Waals surface area contributed by atoms with Crippen molar-refractivity contribution in [3.8, 4) is 23.0 Å². The molecule has 0 N–H and O–H groups in total. The molecule has 0 fully saturated rings. The largest absolute Gasteiger partial charge is 0.486 e. The smallest absolute Gasteiger partial charge is 0.247 e. The highest BCUT2D eigenvalue weighted by Gasteiger charge is 2.14. The molecule has 0 aliphatic carbocycles. The van der Waals surface area contributed by atoms with E-state index in [0.29, 0.717) is 31.4 Å². The van der Waals surface area contributed by atoms with Crippen molar-refractivity contribution in [2.24, 2.45) is 0 Å². The number of rotatable bonds is 3. The van der Waals surface area contributed by atoms with E-state index >= 15 is 0 Å². The van der Waals surface area contributed by atoms with Crippen LogP contribution in [0.4, 0.5) is 0 Å². The lowest BCUT2D eigenvalue weighted by Gasteiger charge is -2.18. The van der Waals surface area contributed by atoms with Crippen molar-refractivity contribution in [3.63, 3.8) is 0 Å². The average Bonchev–Trinajstić information content (AvgIpc) is 3.04. The Morgan fingerprint density at radius 1 is 0.864 bits per heavy atom. The molecule has 2 heterocycles. The first kappa shape index (κ1) is 12.9. The average molecular weight is 294 g/mol. The minimum absolute atomic E-state index is 0.535. The van der Waals surface area contributed by atoms with Crippen LogP contribution in [0.5, 0.6) is 11.5 Å². The summed E-state index contributed by atoms with van der Waals surface area (Å²) >= 11 is 0. The molecule has 0 atom stereocenters. The number of aromatic nitrogens is 2. The Hall–Kier alpha value is -2.82. The van der Waals surface area contributed by atoms with Crippen molar-refractivity contribution < 1.29 is 13.9 Å². The molecule has 0 spiro atoms. The van der Waals surface area contributed by atoms with Crippen LogP contribution < -0.4 is 9.47 Å². The van der Waals surface area contributed by atoms with Crippen molar-refractivity contribution >= 4 is 0 Å². The fraction of sp³-hybridized carbons (Fsp3) is 0.176. The first-order valence-electron chi connectivity index (χ1n) is 7.15. The van der Waals surface area contributed by atoms with Crippen LogP contribution in [0.3, 0.4) is 0 Å². The van der Waals surface area contributed by atoms with E-state index in [9.17, 15) is 0 Å². The number of benzene rings is 2. The second-order valence-electron chi connectivity index (χ2n) is 5.02. The minimum atomic E-state index is 0.535. The Kier molecular flexibility index (Phi) is 3.23. The molecule has 0 amide bonds. The van der Waals surface area contributed by atoms with Gasteiger partial charge >= 0.3 is 0 Å². The van der Waals surface area contributed by atoms with Gasteiger partial charge in [0, 0.05) is 5.56 Å². The summed E-state index contributed by atoms with van der Waals surface area (Å²) in [5.41, 5.74) is 1.97. The van der Waals surface area contributed by atoms with Gasteiger partial charge in [0.25, 0.3) is 0 Å². The van der Waals surface area contributed by atoms with Gasteiger partial charge in [0.2, 0.25) is 11.8 Å². The van der Waals surface area contributed by atoms with Crippen LogP contribution in [0.2, 0.25) is 0 Å². The molecular formula is C17H14N2O3. The molecule has 5 nitrogen and oxygen atoms in total. The number of ether oxygens (including phenoxy) is 2. The molecule has 1 aliphatic heterocycles. The molecule has 5 heteroatoms. The SMILES string of the molecule is c1ccc(-c2nnc(Cc3ccc4c(c3)OCCO4)o2)cc1. The van der Waals surface area contributed by atoms with Crippen LogP contribution in [-0.4, -0.2) is 23.4 Å². The van der Waals surface area contributed by atoms with Gasteiger partial charge in [-0.2, -0.15) is 0 Å². The third-order valence-electron chi connectivity index (χ3n) is 3.45. The Morgan fingerprint density at radius 3 is 2.55 bits per heavy atom. The van der Waals surface area contributed by atoms with Crippen molar-refractivity contribution in [2.45, 2.75) is 6.42 Å². The maximum Gasteiger partial charge on any atom is 0.247 e. The van der Waals surface area contributed by atoms with Crippen molar-refractivity contribution in [2.75, 3.05) is 13.2 Å². The molecule has 2 aromatic carbocycles. The maximum absolute atomic E-state index is 5.72. The summed E-state index contributed by atoms with van der Waals surface area (Å²) in [6.45, 7) is 1.17. The number of fused-ring (bicyclic) bond motifs is 1. The lowest BCUT2D eigenvalue weighted by atomic mass is 10.1. The van der Waals surface area contributed by atoms with Crippen LogP contribution in [0.1, 0.15) is 11.5 Å². The molecule has 0 saturated carbocycles. The third kappa shape index (κ3) is 2.53. The molecule has 1 aliphatic rings. The zero-order valence-corrected chi connectivity index (χ0v) is 11.9. The summed E-state index contributed by atoms with van der Waals surface area (Å²) in [6, 6.07) is 15.6. The number of hydrogen-bond donors (Lipinski definition) is 0. The minimum Gasteiger partial charge on any atom is -0.486 e. The third-order valence-corrected chi connectivity index (χ3v) is 3.45. The Balaban J connectivity index is 1.55. The molecule has 110 valence electrons. The summed E-state index contributed by atoms with van der Waals surface area (Å²) in [5, 5.41) is 8.21. The second-order valence-corrected chi connectivity index (χ2v) is 5.02. The molecule has 1 aromatic heterocycles. The topological polar surface area (TPSA) is 57.4 Å². The Labute approximate surface area is 127 Å². The van der Waals surface area contributed by atoms with Gasteiger partial charge in [-0.1, -0.05) is 24.3 Å². The van der Waals surface area contributed by atoms with E-state index in [1.54, 1.807) is 0 Å². The number of nitrogens with zero attached hydrogens (tertiary/aromatic N) is 2. The van der Waals surface area contributed by atoms with E-state index in [1.807, 2.05) is 48.5 Å². The van der Waals surface area contributed by atoms with Crippen LogP contribution in [0.15, 0.2) is 52.9 Å². The molecule has 0 saturated heterocycles. The summed E-state index contributed by atoms with van der Waals surface area (Å²) in [5.74, 6) is 2.67. The second kappa shape index (κ2) is 5.52. The lowest BCUT2D eigenvalue weighted by molar-refractivity contribution is 0.171. The fourth-order valence-corrected chi connectivity index (χ4v) is 2.39. The van der Waals surface area contributed by atoms with E-state index < -0.39 is 0 Å². The lowest BCUT2D eigenvalue weighted by Crippen LogP contribution is -2.15. The molecule has 22 heavy (non-hydrogen) atoms. The monoisotopic (exact) mass is 294 g/mol. The van der Waals surface area contributed by atoms with Gasteiger partial charge in [-0.05, 0) is 29.8 Å². The van der Waals surface area contributed by atoms with Gasteiger partial charge in [0.05, 0.1) is 6.42 Å². The van der Waals surface area contributed by atoms with E-state index in [4.69, 9.17) is 13.9 Å². The zero-order chi connectivity index (χ0) is 14.8. The van der Waals surface area contributed by atoms with Crippen molar-refractivity contribution in [3.05, 3.63) is 60.0 Å². The highest BCUT2D eigenvalue weighted by Crippen LogP contribution is 2.31. The van der Waals surface area contributed by atoms with Crippen molar-refractivity contribution in [1.29, 1.82) is 0 Å². The van der Waals surface area contributed by atoms with Gasteiger partial charge < -0.3 is 13.9 Å². The molecule has 0 bridgehead atoms. The van der Waals surface area contributed by atoms with E-state index in [0.717, 1.165) is 22.6 Å². The molecule has 0 radical (unpaired) electrons. The van der Waals surface area contributed by atoms with Gasteiger partial charge in [0.15, 0.2) is 11.5 Å². The van der Waals surface area contributed by atoms with Gasteiger partial charge in [-0.15, -0.1) is 10.2 Å². The van der Waals surface area contributed by atoms with E-state index in [2.05, 4.69) is 10.2 Å². The van der Waals surface area contributed by atoms with Crippen LogP contribution in [0, 0.1) is 0 Å². The van der Waals surface area contributed by atoms with Crippen LogP contribution >= 0.6 is 0 Å². The summed E-state index contributed by atoms with van der Waals surface area (Å²) in [4.78, 5) is 0.